The fourth-order valence-corrected chi connectivity index (χ4v) is 8.14. The van der Waals surface area contributed by atoms with Crippen LogP contribution < -0.4 is 14.4 Å². The Labute approximate surface area is 264 Å². The van der Waals surface area contributed by atoms with E-state index in [2.05, 4.69) is 32.6 Å². The van der Waals surface area contributed by atoms with E-state index >= 15 is 4.39 Å². The number of aromatic nitrogens is 3. The van der Waals surface area contributed by atoms with Crippen molar-refractivity contribution < 1.29 is 27.8 Å². The van der Waals surface area contributed by atoms with Crippen molar-refractivity contribution in [3.8, 4) is 41.2 Å². The molecule has 3 saturated heterocycles. The summed E-state index contributed by atoms with van der Waals surface area (Å²) in [6.45, 7) is 4.42. The van der Waals surface area contributed by atoms with Crippen LogP contribution in [0.4, 0.5) is 19.0 Å². The van der Waals surface area contributed by atoms with Crippen molar-refractivity contribution in [1.29, 1.82) is 0 Å². The van der Waals surface area contributed by atoms with Gasteiger partial charge in [0.1, 0.15) is 53.4 Å². The van der Waals surface area contributed by atoms with E-state index in [1.165, 1.54) is 24.3 Å². The normalized spacial score (nSPS) is 25.9. The molecule has 0 spiro atoms. The van der Waals surface area contributed by atoms with E-state index in [4.69, 9.17) is 20.9 Å². The highest BCUT2D eigenvalue weighted by molar-refractivity contribution is 6.04. The van der Waals surface area contributed by atoms with Crippen LogP contribution >= 0.6 is 0 Å². The largest absolute Gasteiger partial charge is 0.508 e. The van der Waals surface area contributed by atoms with Gasteiger partial charge >= 0.3 is 6.01 Å². The van der Waals surface area contributed by atoms with Crippen LogP contribution in [0, 0.1) is 24.0 Å². The van der Waals surface area contributed by atoms with Gasteiger partial charge in [-0.25, -0.2) is 18.2 Å². The Kier molecular flexibility index (Phi) is 6.73. The number of alkyl halides is 1. The standard InChI is InChI=1S/C35H34F3N5O3/c1-3-23-25(37)9-8-20-14-22(44)15-24(26(20)23)29-28(38)30-27-31(43-13-6-4-5-10-34(43,2)18-45-32(27)39-29)41-33(40-30)46-19-35-11-7-12-42(35)17-21(36)16-35/h1,8-9,14-15,21,44H,4-7,10-13,16-19H2,2H3/t21-,34+,35+/m1/s1. The first-order chi connectivity index (χ1) is 22.2. The van der Waals surface area contributed by atoms with Gasteiger partial charge in [0.25, 0.3) is 0 Å². The van der Waals surface area contributed by atoms with E-state index < -0.39 is 28.9 Å². The highest BCUT2D eigenvalue weighted by Crippen LogP contribution is 2.46. The van der Waals surface area contributed by atoms with Crippen LogP contribution in [0.15, 0.2) is 24.3 Å². The van der Waals surface area contributed by atoms with Gasteiger partial charge in [0, 0.05) is 30.5 Å². The van der Waals surface area contributed by atoms with Gasteiger partial charge in [-0.2, -0.15) is 9.97 Å². The molecule has 46 heavy (non-hydrogen) atoms. The van der Waals surface area contributed by atoms with Gasteiger partial charge in [-0.15, -0.1) is 6.42 Å². The summed E-state index contributed by atoms with van der Waals surface area (Å²) in [6, 6.07) is 5.43. The first-order valence-corrected chi connectivity index (χ1v) is 16.0. The summed E-state index contributed by atoms with van der Waals surface area (Å²) >= 11 is 0. The fourth-order valence-electron chi connectivity index (χ4n) is 8.14. The summed E-state index contributed by atoms with van der Waals surface area (Å²) in [5.41, 5.74) is -1.14. The Morgan fingerprint density at radius 1 is 1.09 bits per heavy atom. The van der Waals surface area contributed by atoms with Crippen molar-refractivity contribution in [2.75, 3.05) is 37.7 Å². The number of terminal acetylenes is 1. The van der Waals surface area contributed by atoms with Gasteiger partial charge in [-0.1, -0.05) is 24.8 Å². The van der Waals surface area contributed by atoms with Crippen molar-refractivity contribution in [2.45, 2.75) is 69.1 Å². The maximum absolute atomic E-state index is 17.0. The molecule has 4 aromatic rings. The third kappa shape index (κ3) is 4.44. The number of pyridine rings is 1. The molecule has 0 unspecified atom stereocenters. The number of rotatable bonds is 4. The van der Waals surface area contributed by atoms with Gasteiger partial charge in [0.2, 0.25) is 5.88 Å². The van der Waals surface area contributed by atoms with Gasteiger partial charge in [0.15, 0.2) is 5.82 Å². The molecular weight excluding hydrogens is 595 g/mol. The minimum Gasteiger partial charge on any atom is -0.508 e. The van der Waals surface area contributed by atoms with Crippen LogP contribution in [-0.4, -0.2) is 75.1 Å². The predicted octanol–water partition coefficient (Wildman–Crippen LogP) is 6.30. The van der Waals surface area contributed by atoms with Crippen LogP contribution in [0.5, 0.6) is 17.6 Å². The predicted molar refractivity (Wildman–Crippen MR) is 168 cm³/mol. The second kappa shape index (κ2) is 10.6. The molecule has 4 aliphatic rings. The summed E-state index contributed by atoms with van der Waals surface area (Å²) < 4.78 is 59.1. The Morgan fingerprint density at radius 2 is 1.96 bits per heavy atom. The molecule has 3 atom stereocenters. The summed E-state index contributed by atoms with van der Waals surface area (Å²) in [6.07, 6.45) is 10.7. The molecule has 0 amide bonds. The fraction of sp³-hybridized carbons (Fsp3) is 0.457. The molecule has 2 aromatic carbocycles. The molecule has 3 fully saturated rings. The minimum absolute atomic E-state index is 0.0161. The van der Waals surface area contributed by atoms with Crippen molar-refractivity contribution >= 4 is 27.5 Å². The van der Waals surface area contributed by atoms with Gasteiger partial charge in [0.05, 0.1) is 16.6 Å². The number of benzene rings is 2. The quantitative estimate of drug-likeness (QED) is 0.264. The lowest BCUT2D eigenvalue weighted by molar-refractivity contribution is 0.107. The van der Waals surface area contributed by atoms with Crippen LogP contribution in [0.3, 0.4) is 0 Å². The topological polar surface area (TPSA) is 83.8 Å². The summed E-state index contributed by atoms with van der Waals surface area (Å²) in [4.78, 5) is 18.4. The molecule has 0 saturated carbocycles. The van der Waals surface area contributed by atoms with Gasteiger partial charge in [-0.05, 0) is 62.7 Å². The van der Waals surface area contributed by atoms with Crippen LogP contribution in [0.2, 0.25) is 0 Å². The van der Waals surface area contributed by atoms with E-state index in [1.807, 2.05) is 0 Å². The van der Waals surface area contributed by atoms with E-state index in [1.54, 1.807) is 0 Å². The lowest BCUT2D eigenvalue weighted by atomic mass is 9.95. The Bertz CT molecular complexity index is 1950. The average molecular weight is 630 g/mol. The van der Waals surface area contributed by atoms with Gasteiger partial charge < -0.3 is 19.5 Å². The van der Waals surface area contributed by atoms with E-state index in [9.17, 15) is 13.9 Å². The zero-order valence-electron chi connectivity index (χ0n) is 25.6. The molecule has 0 radical (unpaired) electrons. The zero-order chi connectivity index (χ0) is 31.8. The number of phenolic OH excluding ortho intramolecular Hbond substituents is 1. The zero-order valence-corrected chi connectivity index (χ0v) is 25.6. The molecule has 2 aromatic heterocycles. The average Bonchev–Trinajstić information content (AvgIpc) is 3.44. The van der Waals surface area contributed by atoms with E-state index in [0.717, 1.165) is 45.1 Å². The molecule has 8 nitrogen and oxygen atoms in total. The highest BCUT2D eigenvalue weighted by atomic mass is 19.1. The second-order valence-corrected chi connectivity index (χ2v) is 13.4. The molecule has 8 rings (SSSR count). The number of anilines is 1. The van der Waals surface area contributed by atoms with E-state index in [-0.39, 0.29) is 58.6 Å². The number of hydrogen-bond acceptors (Lipinski definition) is 8. The lowest BCUT2D eigenvalue weighted by Gasteiger charge is -2.39. The molecule has 4 aliphatic heterocycles. The second-order valence-electron chi connectivity index (χ2n) is 13.4. The third-order valence-corrected chi connectivity index (χ3v) is 10.4. The maximum atomic E-state index is 17.0. The van der Waals surface area contributed by atoms with Crippen LogP contribution in [0.25, 0.3) is 32.9 Å². The van der Waals surface area contributed by atoms with Crippen molar-refractivity contribution in [3.05, 3.63) is 41.5 Å². The summed E-state index contributed by atoms with van der Waals surface area (Å²) in [5, 5.41) is 11.6. The third-order valence-electron chi connectivity index (χ3n) is 10.4. The number of hydrogen-bond donors (Lipinski definition) is 1. The highest BCUT2D eigenvalue weighted by Gasteiger charge is 2.49. The van der Waals surface area contributed by atoms with Crippen molar-refractivity contribution in [2.24, 2.45) is 0 Å². The number of nitrogens with zero attached hydrogens (tertiary/aromatic N) is 5. The smallest absolute Gasteiger partial charge is 0.319 e. The van der Waals surface area contributed by atoms with Crippen LogP contribution in [-0.2, 0) is 0 Å². The molecule has 0 bridgehead atoms. The SMILES string of the molecule is C#Cc1c(F)ccc2cc(O)cc(-c3nc4c5c(nc(OC[C@@]67CCCN6C[C@H](F)C7)nc5c3F)N3CCCCC[C@@]3(C)CO4)c12. The molecule has 1 N–H and O–H groups in total. The van der Waals surface area contributed by atoms with Gasteiger partial charge in [-0.3, -0.25) is 4.90 Å². The lowest BCUT2D eigenvalue weighted by Crippen LogP contribution is -2.50. The van der Waals surface area contributed by atoms with E-state index in [0.29, 0.717) is 36.1 Å². The summed E-state index contributed by atoms with van der Waals surface area (Å²) in [5.74, 6) is 1.36. The number of phenols is 1. The van der Waals surface area contributed by atoms with Crippen molar-refractivity contribution in [3.63, 3.8) is 0 Å². The number of fused-ring (bicyclic) bond motifs is 4. The Balaban J connectivity index is 1.35. The first kappa shape index (κ1) is 29.1. The number of ether oxygens (including phenoxy) is 2. The molecule has 238 valence electrons. The maximum Gasteiger partial charge on any atom is 0.319 e. The minimum atomic E-state index is -0.926. The molecule has 11 heteroatoms. The Hall–Kier alpha value is -4.30. The number of halogens is 3. The monoisotopic (exact) mass is 629 g/mol. The van der Waals surface area contributed by atoms with Crippen molar-refractivity contribution in [1.82, 2.24) is 19.9 Å². The Morgan fingerprint density at radius 3 is 2.80 bits per heavy atom. The number of aromatic hydroxyl groups is 1. The first-order valence-electron chi connectivity index (χ1n) is 16.0. The molecule has 0 aliphatic carbocycles. The summed E-state index contributed by atoms with van der Waals surface area (Å²) in [7, 11) is 0. The molecular formula is C35H34F3N5O3. The molecule has 6 heterocycles. The van der Waals surface area contributed by atoms with Crippen LogP contribution in [0.1, 0.15) is 57.4 Å².